The number of hydrogen-bond acceptors (Lipinski definition) is 3. The molecule has 2 heterocycles. The van der Waals surface area contributed by atoms with E-state index in [1.54, 1.807) is 16.8 Å². The number of fused-ring (bicyclic) bond motifs is 1. The highest BCUT2D eigenvalue weighted by Gasteiger charge is 2.34. The molecule has 6 heteroatoms. The van der Waals surface area contributed by atoms with Gasteiger partial charge in [0.1, 0.15) is 0 Å². The van der Waals surface area contributed by atoms with Gasteiger partial charge in [0.2, 0.25) is 4.77 Å². The summed E-state index contributed by atoms with van der Waals surface area (Å²) >= 11 is 4.92. The van der Waals surface area contributed by atoms with Crippen LogP contribution >= 0.6 is 12.2 Å². The maximum Gasteiger partial charge on any atom is 0.213 e. The predicted octanol–water partition coefficient (Wildman–Crippen LogP) is 2.82. The lowest BCUT2D eigenvalue weighted by Crippen LogP contribution is -2.09. The zero-order valence-electron chi connectivity index (χ0n) is 9.30. The Balaban J connectivity index is 2.15. The molecule has 0 amide bonds. The molecule has 3 rings (SSSR count). The summed E-state index contributed by atoms with van der Waals surface area (Å²) in [5.74, 6) is 0.317. The number of hydrogen-bond donors (Lipinski definition) is 1. The van der Waals surface area contributed by atoms with Crippen molar-refractivity contribution in [1.82, 2.24) is 14.8 Å². The summed E-state index contributed by atoms with van der Waals surface area (Å²) < 4.78 is 15.8. The number of nitrogens with zero attached hydrogens (tertiary/aromatic N) is 3. The van der Waals surface area contributed by atoms with Gasteiger partial charge in [-0.15, -0.1) is 0 Å². The minimum absolute atomic E-state index is 0.241. The third-order valence-electron chi connectivity index (χ3n) is 3.14. The van der Waals surface area contributed by atoms with Gasteiger partial charge in [0, 0.05) is 6.42 Å². The standard InChI is InChI=1S/C12H9FN4S/c13-9-5-10(17-11(9)15-12(18)16-17)8-4-2-1-3-7(8)6-14/h1-4,9-10H,5H2,(H,16,18)/t9-,10-/m0/s1. The van der Waals surface area contributed by atoms with Crippen molar-refractivity contribution >= 4 is 12.2 Å². The Bertz CT molecular complexity index is 697. The first-order valence-electron chi connectivity index (χ1n) is 5.52. The van der Waals surface area contributed by atoms with Gasteiger partial charge in [0.25, 0.3) is 0 Å². The molecular formula is C12H9FN4S. The van der Waals surface area contributed by atoms with Crippen LogP contribution in [0.4, 0.5) is 4.39 Å². The predicted molar refractivity (Wildman–Crippen MR) is 65.2 cm³/mol. The maximum atomic E-state index is 13.9. The number of halogens is 1. The van der Waals surface area contributed by atoms with E-state index in [1.807, 2.05) is 12.1 Å². The largest absolute Gasteiger partial charge is 0.270 e. The van der Waals surface area contributed by atoms with Gasteiger partial charge >= 0.3 is 0 Å². The van der Waals surface area contributed by atoms with Crippen molar-refractivity contribution in [2.45, 2.75) is 18.6 Å². The highest BCUT2D eigenvalue weighted by Crippen LogP contribution is 2.39. The molecule has 1 aromatic carbocycles. The Morgan fingerprint density at radius 3 is 3.06 bits per heavy atom. The molecular weight excluding hydrogens is 251 g/mol. The average molecular weight is 260 g/mol. The first-order chi connectivity index (χ1) is 8.70. The van der Waals surface area contributed by atoms with Crippen molar-refractivity contribution in [3.8, 4) is 6.07 Å². The molecule has 0 radical (unpaired) electrons. The molecule has 0 saturated heterocycles. The van der Waals surface area contributed by atoms with Crippen molar-refractivity contribution in [1.29, 1.82) is 5.26 Å². The molecule has 2 aromatic rings. The number of rotatable bonds is 1. The average Bonchev–Trinajstić information content (AvgIpc) is 2.89. The summed E-state index contributed by atoms with van der Waals surface area (Å²) in [4.78, 5) is 3.97. The molecule has 1 aliphatic heterocycles. The zero-order valence-corrected chi connectivity index (χ0v) is 10.1. The third kappa shape index (κ3) is 1.56. The van der Waals surface area contributed by atoms with Crippen LogP contribution in [0.2, 0.25) is 0 Å². The summed E-state index contributed by atoms with van der Waals surface area (Å²) in [5.41, 5.74) is 1.35. The lowest BCUT2D eigenvalue weighted by atomic mass is 9.99. The van der Waals surface area contributed by atoms with Gasteiger partial charge in [0.15, 0.2) is 12.0 Å². The molecule has 0 unspecified atom stereocenters. The molecule has 1 aliphatic rings. The molecule has 1 N–H and O–H groups in total. The lowest BCUT2D eigenvalue weighted by molar-refractivity contribution is 0.328. The fraction of sp³-hybridized carbons (Fsp3) is 0.250. The van der Waals surface area contributed by atoms with Crippen molar-refractivity contribution in [3.63, 3.8) is 0 Å². The summed E-state index contributed by atoms with van der Waals surface area (Å²) in [6, 6.07) is 9.08. The van der Waals surface area contributed by atoms with Crippen molar-refractivity contribution in [2.24, 2.45) is 0 Å². The van der Waals surface area contributed by atoms with Crippen LogP contribution in [0.3, 0.4) is 0 Å². The number of aromatic amines is 1. The minimum atomic E-state index is -1.14. The number of benzene rings is 1. The second-order valence-electron chi connectivity index (χ2n) is 4.18. The molecule has 0 spiro atoms. The van der Waals surface area contributed by atoms with Gasteiger partial charge in [-0.2, -0.15) is 5.26 Å². The Labute approximate surface area is 108 Å². The smallest absolute Gasteiger partial charge is 0.213 e. The van der Waals surface area contributed by atoms with E-state index in [4.69, 9.17) is 17.5 Å². The monoisotopic (exact) mass is 260 g/mol. The van der Waals surface area contributed by atoms with Gasteiger partial charge in [-0.05, 0) is 23.8 Å². The van der Waals surface area contributed by atoms with E-state index in [0.717, 1.165) is 5.56 Å². The summed E-state index contributed by atoms with van der Waals surface area (Å²) in [6.07, 6.45) is -0.859. The van der Waals surface area contributed by atoms with Gasteiger partial charge in [-0.1, -0.05) is 18.2 Å². The van der Waals surface area contributed by atoms with Crippen LogP contribution in [-0.2, 0) is 0 Å². The van der Waals surface area contributed by atoms with E-state index < -0.39 is 6.17 Å². The fourth-order valence-electron chi connectivity index (χ4n) is 2.36. The minimum Gasteiger partial charge on any atom is -0.270 e. The molecule has 1 aromatic heterocycles. The van der Waals surface area contributed by atoms with Crippen molar-refractivity contribution in [2.75, 3.05) is 0 Å². The van der Waals surface area contributed by atoms with Crippen molar-refractivity contribution in [3.05, 3.63) is 46.0 Å². The Kier molecular flexibility index (Phi) is 2.49. The van der Waals surface area contributed by atoms with Crippen LogP contribution in [-0.4, -0.2) is 14.8 Å². The second kappa shape index (κ2) is 4.03. The van der Waals surface area contributed by atoms with Crippen LogP contribution < -0.4 is 0 Å². The molecule has 4 nitrogen and oxygen atoms in total. The number of H-pyrrole nitrogens is 1. The Morgan fingerprint density at radius 1 is 1.50 bits per heavy atom. The van der Waals surface area contributed by atoms with E-state index in [9.17, 15) is 4.39 Å². The van der Waals surface area contributed by atoms with E-state index in [0.29, 0.717) is 11.4 Å². The van der Waals surface area contributed by atoms with Crippen LogP contribution in [0, 0.1) is 16.1 Å². The van der Waals surface area contributed by atoms with Gasteiger partial charge in [-0.3, -0.25) is 9.78 Å². The second-order valence-corrected chi connectivity index (χ2v) is 4.56. The van der Waals surface area contributed by atoms with E-state index >= 15 is 0 Å². The molecule has 0 saturated carbocycles. The summed E-state index contributed by atoms with van der Waals surface area (Å²) in [7, 11) is 0. The van der Waals surface area contributed by atoms with Gasteiger partial charge in [0.05, 0.1) is 17.7 Å². The van der Waals surface area contributed by atoms with Crippen LogP contribution in [0.5, 0.6) is 0 Å². The maximum absolute atomic E-state index is 13.9. The topological polar surface area (TPSA) is 57.4 Å². The SMILES string of the molecule is N#Cc1ccccc1[C@@H]1C[C@H](F)c2nc(=S)[nH]n21. The number of aromatic nitrogens is 3. The van der Waals surface area contributed by atoms with E-state index in [2.05, 4.69) is 16.2 Å². The van der Waals surface area contributed by atoms with E-state index in [1.165, 1.54) is 0 Å². The highest BCUT2D eigenvalue weighted by atomic mass is 32.1. The number of alkyl halides is 1. The fourth-order valence-corrected chi connectivity index (χ4v) is 2.56. The Hall–Kier alpha value is -2.00. The molecule has 18 heavy (non-hydrogen) atoms. The molecule has 90 valence electrons. The number of nitriles is 1. The molecule has 2 atom stereocenters. The quantitative estimate of drug-likeness (QED) is 0.802. The molecule has 0 fully saturated rings. The first-order valence-corrected chi connectivity index (χ1v) is 5.93. The van der Waals surface area contributed by atoms with Crippen molar-refractivity contribution < 1.29 is 4.39 Å². The lowest BCUT2D eigenvalue weighted by Gasteiger charge is -2.13. The molecule has 0 aliphatic carbocycles. The molecule has 0 bridgehead atoms. The van der Waals surface area contributed by atoms with E-state index in [-0.39, 0.29) is 17.2 Å². The van der Waals surface area contributed by atoms with Gasteiger partial charge in [-0.25, -0.2) is 9.37 Å². The van der Waals surface area contributed by atoms with Crippen LogP contribution in [0.1, 0.15) is 35.6 Å². The normalized spacial score (nSPS) is 21.6. The summed E-state index contributed by atoms with van der Waals surface area (Å²) in [5, 5.41) is 12.0. The summed E-state index contributed by atoms with van der Waals surface area (Å²) in [6.45, 7) is 0. The third-order valence-corrected chi connectivity index (χ3v) is 3.32. The van der Waals surface area contributed by atoms with Crippen LogP contribution in [0.15, 0.2) is 24.3 Å². The van der Waals surface area contributed by atoms with Gasteiger partial charge < -0.3 is 0 Å². The van der Waals surface area contributed by atoms with Crippen LogP contribution in [0.25, 0.3) is 0 Å². The highest BCUT2D eigenvalue weighted by molar-refractivity contribution is 7.71. The number of nitrogens with one attached hydrogen (secondary N) is 1. The first kappa shape index (κ1) is 11.1. The Morgan fingerprint density at radius 2 is 2.28 bits per heavy atom. The zero-order chi connectivity index (χ0) is 12.7.